The molecule has 1 N–H and O–H groups in total. The number of aromatic nitrogens is 1. The Balaban J connectivity index is 1.62. The summed E-state index contributed by atoms with van der Waals surface area (Å²) in [6.45, 7) is 5.68. The first-order valence-electron chi connectivity index (χ1n) is 10.3. The third kappa shape index (κ3) is 4.42. The number of fused-ring (bicyclic) bond motifs is 1. The van der Waals surface area contributed by atoms with Gasteiger partial charge in [-0.2, -0.15) is 0 Å². The van der Waals surface area contributed by atoms with Crippen LogP contribution in [0.1, 0.15) is 28.7 Å². The highest BCUT2D eigenvalue weighted by Gasteiger charge is 2.28. The molecule has 0 atom stereocenters. The van der Waals surface area contributed by atoms with Crippen LogP contribution < -0.4 is 10.2 Å². The molecule has 0 aliphatic carbocycles. The van der Waals surface area contributed by atoms with Gasteiger partial charge in [-0.3, -0.25) is 14.5 Å². The molecule has 1 aromatic heterocycles. The Kier molecular flexibility index (Phi) is 5.81. The molecule has 162 valence electrons. The third-order valence-electron chi connectivity index (χ3n) is 5.32. The molecule has 6 nitrogen and oxygen atoms in total. The zero-order valence-corrected chi connectivity index (χ0v) is 18.1. The summed E-state index contributed by atoms with van der Waals surface area (Å²) in [4.78, 5) is 36.3. The van der Waals surface area contributed by atoms with E-state index in [9.17, 15) is 14.0 Å². The molecule has 3 aromatic rings. The third-order valence-corrected chi connectivity index (χ3v) is 5.32. The van der Waals surface area contributed by atoms with Gasteiger partial charge >= 0.3 is 0 Å². The van der Waals surface area contributed by atoms with Crippen LogP contribution in [0.4, 0.5) is 21.6 Å². The first kappa shape index (κ1) is 21.4. The average Bonchev–Trinajstić information content (AvgIpc) is 2.88. The van der Waals surface area contributed by atoms with Crippen molar-refractivity contribution < 1.29 is 14.0 Å². The number of benzene rings is 2. The first-order chi connectivity index (χ1) is 15.3. The van der Waals surface area contributed by atoms with Crippen molar-refractivity contribution in [3.8, 4) is 0 Å². The number of carbonyl (C=O) groups excluding carboxylic acids is 2. The van der Waals surface area contributed by atoms with Crippen LogP contribution in [0, 0.1) is 26.6 Å². The highest BCUT2D eigenvalue weighted by Crippen LogP contribution is 2.31. The van der Waals surface area contributed by atoms with E-state index in [0.717, 1.165) is 22.4 Å². The zero-order chi connectivity index (χ0) is 22.8. The van der Waals surface area contributed by atoms with E-state index >= 15 is 0 Å². The molecule has 0 spiro atoms. The Hall–Kier alpha value is -3.87. The van der Waals surface area contributed by atoms with Crippen molar-refractivity contribution in [3.63, 3.8) is 0 Å². The molecule has 2 aromatic carbocycles. The first-order valence-corrected chi connectivity index (χ1v) is 10.3. The van der Waals surface area contributed by atoms with Crippen molar-refractivity contribution in [3.05, 3.63) is 82.8 Å². The number of aryl methyl sites for hydroxylation is 3. The fraction of sp³-hybridized carbons (Fsp3) is 0.200. The van der Waals surface area contributed by atoms with Gasteiger partial charge in [0, 0.05) is 11.9 Å². The van der Waals surface area contributed by atoms with E-state index in [1.54, 1.807) is 30.5 Å². The Morgan fingerprint density at radius 2 is 1.78 bits per heavy atom. The Morgan fingerprint density at radius 3 is 2.47 bits per heavy atom. The number of halogens is 1. The van der Waals surface area contributed by atoms with Gasteiger partial charge in [-0.25, -0.2) is 14.4 Å². The van der Waals surface area contributed by atoms with E-state index in [1.807, 2.05) is 32.9 Å². The minimum atomic E-state index is -0.364. The van der Waals surface area contributed by atoms with Crippen LogP contribution in [0.3, 0.4) is 0 Å². The number of carbonyl (C=O) groups is 2. The van der Waals surface area contributed by atoms with Gasteiger partial charge in [0.2, 0.25) is 11.8 Å². The molecular weight excluding hydrogens is 407 g/mol. The second-order valence-electron chi connectivity index (χ2n) is 7.89. The number of nitrogens with one attached hydrogen (secondary N) is 1. The van der Waals surface area contributed by atoms with Crippen LogP contribution in [0.15, 0.2) is 59.7 Å². The predicted molar refractivity (Wildman–Crippen MR) is 123 cm³/mol. The molecule has 1 aliphatic heterocycles. The monoisotopic (exact) mass is 430 g/mol. The lowest BCUT2D eigenvalue weighted by Gasteiger charge is -2.21. The zero-order valence-electron chi connectivity index (χ0n) is 18.1. The second kappa shape index (κ2) is 8.70. The van der Waals surface area contributed by atoms with E-state index in [1.165, 1.54) is 17.0 Å². The van der Waals surface area contributed by atoms with Crippen LogP contribution in [0.25, 0.3) is 0 Å². The van der Waals surface area contributed by atoms with Crippen LogP contribution >= 0.6 is 0 Å². The van der Waals surface area contributed by atoms with Crippen LogP contribution in [-0.4, -0.2) is 29.1 Å². The van der Waals surface area contributed by atoms with Crippen molar-refractivity contribution in [1.29, 1.82) is 0 Å². The standard InChI is InChI=1S/C25H23FN4O2/c1-15-11-16(2)24(17(3)12-15)29-22(31)14-30-23(32)13-21(18-6-8-19(26)9-7-18)28-20-5-4-10-27-25(20)30/h4-12H,13-14H2,1-3H3,(H,29,31). The number of aliphatic imine (C=N–C) groups is 1. The highest BCUT2D eigenvalue weighted by molar-refractivity contribution is 6.18. The van der Waals surface area contributed by atoms with Crippen molar-refractivity contribution in [2.45, 2.75) is 27.2 Å². The van der Waals surface area contributed by atoms with E-state index in [0.29, 0.717) is 22.8 Å². The molecule has 0 radical (unpaired) electrons. The van der Waals surface area contributed by atoms with Crippen molar-refractivity contribution in [2.24, 2.45) is 4.99 Å². The molecule has 0 saturated heterocycles. The lowest BCUT2D eigenvalue weighted by atomic mass is 10.1. The number of nitrogens with zero attached hydrogens (tertiary/aromatic N) is 3. The van der Waals surface area contributed by atoms with Crippen LogP contribution in [0.2, 0.25) is 0 Å². The van der Waals surface area contributed by atoms with Gasteiger partial charge in [0.15, 0.2) is 5.82 Å². The summed E-state index contributed by atoms with van der Waals surface area (Å²) in [5.74, 6) is -0.674. The van der Waals surface area contributed by atoms with Gasteiger partial charge in [0.25, 0.3) is 0 Å². The molecule has 0 unspecified atom stereocenters. The molecule has 0 bridgehead atoms. The van der Waals surface area contributed by atoms with Crippen LogP contribution in [0.5, 0.6) is 0 Å². The summed E-state index contributed by atoms with van der Waals surface area (Å²) >= 11 is 0. The maximum absolute atomic E-state index is 13.3. The van der Waals surface area contributed by atoms with E-state index in [2.05, 4.69) is 15.3 Å². The fourth-order valence-corrected chi connectivity index (χ4v) is 3.90. The quantitative estimate of drug-likeness (QED) is 0.655. The van der Waals surface area contributed by atoms with Gasteiger partial charge in [0.1, 0.15) is 18.0 Å². The van der Waals surface area contributed by atoms with Gasteiger partial charge < -0.3 is 5.32 Å². The molecule has 2 amide bonds. The molecular formula is C25H23FN4O2. The Labute approximate surface area is 185 Å². The van der Waals surface area contributed by atoms with Crippen molar-refractivity contribution in [2.75, 3.05) is 16.8 Å². The number of hydrogen-bond donors (Lipinski definition) is 1. The normalized spacial score (nSPS) is 13.3. The summed E-state index contributed by atoms with van der Waals surface area (Å²) in [7, 11) is 0. The van der Waals surface area contributed by atoms with Crippen LogP contribution in [-0.2, 0) is 9.59 Å². The number of anilines is 2. The molecule has 32 heavy (non-hydrogen) atoms. The molecule has 0 saturated carbocycles. The SMILES string of the molecule is Cc1cc(C)c(NC(=O)CN2C(=O)CC(c3ccc(F)cc3)=Nc3cccnc32)c(C)c1. The minimum Gasteiger partial charge on any atom is -0.324 e. The largest absolute Gasteiger partial charge is 0.324 e. The maximum Gasteiger partial charge on any atom is 0.244 e. The fourth-order valence-electron chi connectivity index (χ4n) is 3.90. The maximum atomic E-state index is 13.3. The van der Waals surface area contributed by atoms with Gasteiger partial charge in [-0.1, -0.05) is 29.8 Å². The topological polar surface area (TPSA) is 74.7 Å². The summed E-state index contributed by atoms with van der Waals surface area (Å²) in [5.41, 5.74) is 5.39. The van der Waals surface area contributed by atoms with E-state index in [-0.39, 0.29) is 30.6 Å². The van der Waals surface area contributed by atoms with Crippen molar-refractivity contribution in [1.82, 2.24) is 4.98 Å². The number of amides is 2. The molecule has 4 rings (SSSR count). The molecule has 2 heterocycles. The Bertz CT molecular complexity index is 1210. The Morgan fingerprint density at radius 1 is 1.09 bits per heavy atom. The number of pyridine rings is 1. The highest BCUT2D eigenvalue weighted by atomic mass is 19.1. The lowest BCUT2D eigenvalue weighted by molar-refractivity contribution is -0.120. The van der Waals surface area contributed by atoms with Gasteiger partial charge in [-0.15, -0.1) is 0 Å². The average molecular weight is 430 g/mol. The minimum absolute atomic E-state index is 0.0299. The summed E-state index contributed by atoms with van der Waals surface area (Å²) < 4.78 is 13.3. The summed E-state index contributed by atoms with van der Waals surface area (Å²) in [6.07, 6.45) is 1.53. The second-order valence-corrected chi connectivity index (χ2v) is 7.89. The smallest absolute Gasteiger partial charge is 0.244 e. The predicted octanol–water partition coefficient (Wildman–Crippen LogP) is 4.64. The number of rotatable bonds is 4. The molecule has 7 heteroatoms. The number of hydrogen-bond acceptors (Lipinski definition) is 4. The van der Waals surface area contributed by atoms with Crippen molar-refractivity contribution >= 4 is 34.7 Å². The summed E-state index contributed by atoms with van der Waals surface area (Å²) in [5, 5.41) is 2.93. The summed E-state index contributed by atoms with van der Waals surface area (Å²) in [6, 6.07) is 13.3. The van der Waals surface area contributed by atoms with Gasteiger partial charge in [0.05, 0.1) is 12.1 Å². The molecule has 0 fully saturated rings. The molecule has 1 aliphatic rings. The van der Waals surface area contributed by atoms with E-state index in [4.69, 9.17) is 0 Å². The lowest BCUT2D eigenvalue weighted by Crippen LogP contribution is -2.39. The van der Waals surface area contributed by atoms with E-state index < -0.39 is 0 Å². The van der Waals surface area contributed by atoms with Gasteiger partial charge in [-0.05, 0) is 61.7 Å².